The van der Waals surface area contributed by atoms with Crippen molar-refractivity contribution in [2.24, 2.45) is 0 Å². The van der Waals surface area contributed by atoms with Crippen LogP contribution in [-0.4, -0.2) is 43.1 Å². The summed E-state index contributed by atoms with van der Waals surface area (Å²) in [6.07, 6.45) is 8.80. The summed E-state index contributed by atoms with van der Waals surface area (Å²) in [5.41, 5.74) is 0. The highest BCUT2D eigenvalue weighted by molar-refractivity contribution is 5.75. The van der Waals surface area contributed by atoms with Gasteiger partial charge < -0.3 is 15.2 Å². The van der Waals surface area contributed by atoms with Gasteiger partial charge in [-0.2, -0.15) is 0 Å². The zero-order valence-electron chi connectivity index (χ0n) is 13.4. The van der Waals surface area contributed by atoms with E-state index in [0.717, 1.165) is 11.6 Å². The molecule has 2 N–H and O–H groups in total. The van der Waals surface area contributed by atoms with Crippen LogP contribution in [0.3, 0.4) is 0 Å². The number of hydrogen-bond acceptors (Lipinski definition) is 5. The van der Waals surface area contributed by atoms with Gasteiger partial charge in [0.1, 0.15) is 30.3 Å². The summed E-state index contributed by atoms with van der Waals surface area (Å²) in [5, 5.41) is 6.04. The van der Waals surface area contributed by atoms with Crippen LogP contribution in [-0.2, 0) is 11.3 Å². The SMILES string of the molecule is Cc1nccn1-c1cc(NCCNC(=O)Cn2cccc2)ncn1. The van der Waals surface area contributed by atoms with Crippen LogP contribution in [0.2, 0.25) is 0 Å². The van der Waals surface area contributed by atoms with E-state index in [1.807, 2.05) is 52.8 Å². The molecule has 0 unspecified atom stereocenters. The molecule has 0 saturated heterocycles. The van der Waals surface area contributed by atoms with Gasteiger partial charge in [-0.3, -0.25) is 9.36 Å². The van der Waals surface area contributed by atoms with Crippen molar-refractivity contribution in [2.75, 3.05) is 18.4 Å². The zero-order valence-corrected chi connectivity index (χ0v) is 13.4. The van der Waals surface area contributed by atoms with Crippen molar-refractivity contribution in [3.8, 4) is 5.82 Å². The quantitative estimate of drug-likeness (QED) is 0.633. The molecule has 0 fully saturated rings. The van der Waals surface area contributed by atoms with Crippen LogP contribution in [0.5, 0.6) is 0 Å². The van der Waals surface area contributed by atoms with Gasteiger partial charge in [-0.25, -0.2) is 15.0 Å². The fourth-order valence-electron chi connectivity index (χ4n) is 2.29. The Bertz CT molecular complexity index is 794. The maximum absolute atomic E-state index is 11.8. The molecule has 8 nitrogen and oxygen atoms in total. The van der Waals surface area contributed by atoms with Crippen molar-refractivity contribution in [1.82, 2.24) is 29.4 Å². The molecule has 24 heavy (non-hydrogen) atoms. The predicted molar refractivity (Wildman–Crippen MR) is 89.8 cm³/mol. The van der Waals surface area contributed by atoms with E-state index in [1.54, 1.807) is 6.20 Å². The summed E-state index contributed by atoms with van der Waals surface area (Å²) >= 11 is 0. The number of rotatable bonds is 7. The van der Waals surface area contributed by atoms with Crippen molar-refractivity contribution in [1.29, 1.82) is 0 Å². The Hall–Kier alpha value is -3.16. The number of aryl methyl sites for hydroxylation is 1. The third-order valence-corrected chi connectivity index (χ3v) is 3.47. The molecule has 0 aliphatic heterocycles. The second kappa shape index (κ2) is 7.40. The van der Waals surface area contributed by atoms with E-state index < -0.39 is 0 Å². The molecular weight excluding hydrogens is 306 g/mol. The Kier molecular flexibility index (Phi) is 4.85. The van der Waals surface area contributed by atoms with Crippen molar-refractivity contribution >= 4 is 11.7 Å². The van der Waals surface area contributed by atoms with Gasteiger partial charge in [0.2, 0.25) is 5.91 Å². The second-order valence-electron chi connectivity index (χ2n) is 5.24. The molecule has 3 aromatic heterocycles. The number of aromatic nitrogens is 5. The van der Waals surface area contributed by atoms with Gasteiger partial charge in [-0.15, -0.1) is 0 Å². The van der Waals surface area contributed by atoms with E-state index in [2.05, 4.69) is 25.6 Å². The van der Waals surface area contributed by atoms with E-state index in [-0.39, 0.29) is 5.91 Å². The van der Waals surface area contributed by atoms with Crippen LogP contribution in [0, 0.1) is 6.92 Å². The maximum Gasteiger partial charge on any atom is 0.239 e. The van der Waals surface area contributed by atoms with Crippen molar-refractivity contribution in [2.45, 2.75) is 13.5 Å². The fraction of sp³-hybridized carbons (Fsp3) is 0.250. The minimum Gasteiger partial charge on any atom is -0.368 e. The molecule has 3 heterocycles. The summed E-state index contributed by atoms with van der Waals surface area (Å²) in [6.45, 7) is 3.33. The Morgan fingerprint density at radius 3 is 2.71 bits per heavy atom. The molecule has 124 valence electrons. The molecule has 0 bridgehead atoms. The number of imidazole rings is 1. The fourth-order valence-corrected chi connectivity index (χ4v) is 2.29. The summed E-state index contributed by atoms with van der Waals surface area (Å²) in [5.74, 6) is 2.29. The number of nitrogens with one attached hydrogen (secondary N) is 2. The third-order valence-electron chi connectivity index (χ3n) is 3.47. The lowest BCUT2D eigenvalue weighted by Gasteiger charge is -2.09. The van der Waals surface area contributed by atoms with Gasteiger partial charge in [-0.1, -0.05) is 0 Å². The highest BCUT2D eigenvalue weighted by Crippen LogP contribution is 2.10. The van der Waals surface area contributed by atoms with Crippen molar-refractivity contribution in [3.63, 3.8) is 0 Å². The molecule has 0 radical (unpaired) electrons. The van der Waals surface area contributed by atoms with Gasteiger partial charge in [0, 0.05) is 43.9 Å². The minimum absolute atomic E-state index is 0.0228. The topological polar surface area (TPSA) is 89.7 Å². The van der Waals surface area contributed by atoms with Gasteiger partial charge in [0.05, 0.1) is 0 Å². The Morgan fingerprint density at radius 1 is 1.12 bits per heavy atom. The average molecular weight is 325 g/mol. The van der Waals surface area contributed by atoms with Crippen LogP contribution in [0.15, 0.2) is 49.3 Å². The first kappa shape index (κ1) is 15.7. The lowest BCUT2D eigenvalue weighted by Crippen LogP contribution is -2.31. The molecule has 0 saturated carbocycles. The van der Waals surface area contributed by atoms with E-state index in [1.165, 1.54) is 6.33 Å². The number of carbonyl (C=O) groups excluding carboxylic acids is 1. The molecule has 0 aromatic carbocycles. The number of nitrogens with zero attached hydrogens (tertiary/aromatic N) is 5. The molecule has 0 aliphatic carbocycles. The second-order valence-corrected chi connectivity index (χ2v) is 5.24. The predicted octanol–water partition coefficient (Wildman–Crippen LogP) is 1.00. The van der Waals surface area contributed by atoms with E-state index >= 15 is 0 Å². The lowest BCUT2D eigenvalue weighted by molar-refractivity contribution is -0.121. The zero-order chi connectivity index (χ0) is 16.8. The molecular formula is C16H19N7O. The van der Waals surface area contributed by atoms with Crippen LogP contribution < -0.4 is 10.6 Å². The number of anilines is 1. The molecule has 1 amide bonds. The van der Waals surface area contributed by atoms with Crippen molar-refractivity contribution in [3.05, 3.63) is 55.1 Å². The van der Waals surface area contributed by atoms with Gasteiger partial charge in [-0.05, 0) is 19.1 Å². The maximum atomic E-state index is 11.8. The van der Waals surface area contributed by atoms with Gasteiger partial charge in [0.25, 0.3) is 0 Å². The summed E-state index contributed by atoms with van der Waals surface area (Å²) < 4.78 is 3.71. The van der Waals surface area contributed by atoms with Crippen LogP contribution in [0.4, 0.5) is 5.82 Å². The smallest absolute Gasteiger partial charge is 0.239 e. The number of hydrogen-bond donors (Lipinski definition) is 2. The summed E-state index contributed by atoms with van der Waals surface area (Å²) in [6, 6.07) is 5.63. The monoisotopic (exact) mass is 325 g/mol. The first-order valence-corrected chi connectivity index (χ1v) is 7.66. The minimum atomic E-state index is -0.0228. The number of carbonyl (C=O) groups is 1. The molecule has 0 spiro atoms. The summed E-state index contributed by atoms with van der Waals surface area (Å²) in [7, 11) is 0. The molecule has 3 aromatic rings. The van der Waals surface area contributed by atoms with E-state index in [4.69, 9.17) is 0 Å². The van der Waals surface area contributed by atoms with Gasteiger partial charge in [0.15, 0.2) is 0 Å². The highest BCUT2D eigenvalue weighted by Gasteiger charge is 2.04. The molecule has 0 atom stereocenters. The van der Waals surface area contributed by atoms with Crippen LogP contribution in [0.1, 0.15) is 5.82 Å². The van der Waals surface area contributed by atoms with Crippen LogP contribution in [0.25, 0.3) is 5.82 Å². The van der Waals surface area contributed by atoms with Crippen molar-refractivity contribution < 1.29 is 4.79 Å². The highest BCUT2D eigenvalue weighted by atomic mass is 16.1. The Morgan fingerprint density at radius 2 is 1.96 bits per heavy atom. The largest absolute Gasteiger partial charge is 0.368 e. The first-order chi connectivity index (χ1) is 11.7. The lowest BCUT2D eigenvalue weighted by atomic mass is 10.4. The molecule has 0 aliphatic rings. The normalized spacial score (nSPS) is 10.5. The van der Waals surface area contributed by atoms with Gasteiger partial charge >= 0.3 is 0 Å². The number of amides is 1. The molecule has 3 rings (SSSR count). The third kappa shape index (κ3) is 3.97. The Labute approximate surface area is 139 Å². The molecule has 8 heteroatoms. The average Bonchev–Trinajstić information content (AvgIpc) is 3.23. The van der Waals surface area contributed by atoms with E-state index in [9.17, 15) is 4.79 Å². The first-order valence-electron chi connectivity index (χ1n) is 7.66. The summed E-state index contributed by atoms with van der Waals surface area (Å²) in [4.78, 5) is 24.4. The standard InChI is InChI=1S/C16H19N7O/c1-13-17-6-9-23(13)15-10-14(20-12-21-15)18-4-5-19-16(24)11-22-7-2-3-8-22/h2-3,6-10,12H,4-5,11H2,1H3,(H,19,24)(H,18,20,21). The Balaban J connectivity index is 1.47. The van der Waals surface area contributed by atoms with Crippen LogP contribution >= 0.6 is 0 Å². The van der Waals surface area contributed by atoms with E-state index in [0.29, 0.717) is 25.5 Å².